The van der Waals surface area contributed by atoms with E-state index in [9.17, 15) is 30.7 Å². The molecular weight excluding hydrogens is 512 g/mol. The van der Waals surface area contributed by atoms with Gasteiger partial charge in [0.2, 0.25) is 20.8 Å². The average molecular weight is 551 g/mol. The third-order valence-electron chi connectivity index (χ3n) is 10.7. The van der Waals surface area contributed by atoms with Crippen LogP contribution >= 0.6 is 0 Å². The van der Waals surface area contributed by atoms with E-state index < -0.39 is 39.0 Å². The second kappa shape index (κ2) is 9.75. The van der Waals surface area contributed by atoms with E-state index in [1.807, 2.05) is 0 Å². The monoisotopic (exact) mass is 550 g/mol. The number of hydrogen-bond donors (Lipinski definition) is 1. The van der Waals surface area contributed by atoms with E-state index in [2.05, 4.69) is 20.8 Å². The number of fused-ring (bicyclic) bond motifs is 5. The van der Waals surface area contributed by atoms with Crippen LogP contribution in [0.15, 0.2) is 0 Å². The summed E-state index contributed by atoms with van der Waals surface area (Å²) in [6.07, 6.45) is 4.38. The van der Waals surface area contributed by atoms with E-state index in [0.29, 0.717) is 38.0 Å². The topological polar surface area (TPSA) is 170 Å². The molecule has 0 heterocycles. The number of hydrogen-bond acceptors (Lipinski definition) is 9. The Labute approximate surface area is 214 Å². The third-order valence-corrected chi connectivity index (χ3v) is 11.7. The lowest BCUT2D eigenvalue weighted by atomic mass is 9.43. The van der Waals surface area contributed by atoms with Gasteiger partial charge in [0.15, 0.2) is 0 Å². The first-order valence-corrected chi connectivity index (χ1v) is 15.7. The number of carboxylic acid groups (broad SMARTS) is 1. The predicted octanol–water partition coefficient (Wildman–Crippen LogP) is 3.45. The van der Waals surface area contributed by atoms with Crippen molar-refractivity contribution >= 4 is 26.8 Å². The molecule has 4 saturated carbocycles. The molecule has 4 aliphatic rings. The highest BCUT2D eigenvalue weighted by atomic mass is 32.3. The van der Waals surface area contributed by atoms with E-state index in [4.69, 9.17) is 13.5 Å². The summed E-state index contributed by atoms with van der Waals surface area (Å²) in [6.45, 7) is 6.51. The normalized spacial score (nSPS) is 43.8. The first-order valence-electron chi connectivity index (χ1n) is 13.0. The summed E-state index contributed by atoms with van der Waals surface area (Å²) in [6, 6.07) is 0. The molecule has 0 radical (unpaired) electrons. The fourth-order valence-electron chi connectivity index (χ4n) is 9.19. The van der Waals surface area contributed by atoms with Crippen LogP contribution in [0.2, 0.25) is 0 Å². The summed E-state index contributed by atoms with van der Waals surface area (Å²) < 4.78 is 78.9. The van der Waals surface area contributed by atoms with E-state index in [0.717, 1.165) is 25.7 Å². The second-order valence-corrected chi connectivity index (χ2v) is 14.3. The van der Waals surface area contributed by atoms with Crippen LogP contribution in [-0.4, -0.2) is 49.2 Å². The van der Waals surface area contributed by atoms with Crippen molar-refractivity contribution in [3.63, 3.8) is 0 Å². The lowest BCUT2D eigenvalue weighted by Gasteiger charge is -2.63. The molecule has 0 aromatic rings. The van der Waals surface area contributed by atoms with Gasteiger partial charge in [-0.3, -0.25) is 13.2 Å². The SMILES string of the molecule is C[C@H](CCC(=O)O)[C@H]1CC[C@H]2[C@@H]3[C@H](OS(=O)(=O)[O-])C[C@@H]4C[C@H](OS(=O)(=O)[O-])CC[C@]4(C)[C@H]3CC[C@]12C. The summed E-state index contributed by atoms with van der Waals surface area (Å²) in [5.41, 5.74) is -0.314. The van der Waals surface area contributed by atoms with Gasteiger partial charge in [-0.25, -0.2) is 16.8 Å². The molecular formula is C24H38O10S2-2. The zero-order valence-electron chi connectivity index (χ0n) is 21.1. The highest BCUT2D eigenvalue weighted by Gasteiger charge is 2.63. The van der Waals surface area contributed by atoms with Crippen LogP contribution in [0.3, 0.4) is 0 Å². The Bertz CT molecular complexity index is 1060. The summed E-state index contributed by atoms with van der Waals surface area (Å²) in [4.78, 5) is 11.2. The number of rotatable bonds is 8. The molecule has 0 unspecified atom stereocenters. The van der Waals surface area contributed by atoms with E-state index in [1.165, 1.54) is 0 Å². The average Bonchev–Trinajstić information content (AvgIpc) is 3.08. The third kappa shape index (κ3) is 5.49. The van der Waals surface area contributed by atoms with Crippen LogP contribution in [-0.2, 0) is 34.0 Å². The molecule has 10 nitrogen and oxygen atoms in total. The molecule has 12 heteroatoms. The molecule has 0 saturated heterocycles. The highest BCUT2D eigenvalue weighted by Crippen LogP contribution is 2.69. The lowest BCUT2D eigenvalue weighted by Crippen LogP contribution is -2.59. The molecule has 0 amide bonds. The van der Waals surface area contributed by atoms with Gasteiger partial charge in [-0.05, 0) is 104 Å². The van der Waals surface area contributed by atoms with Crippen molar-refractivity contribution in [2.45, 2.75) is 97.2 Å². The maximum Gasteiger partial charge on any atom is 0.303 e. The molecule has 10 atom stereocenters. The van der Waals surface area contributed by atoms with Crippen LogP contribution in [0.25, 0.3) is 0 Å². The largest absolute Gasteiger partial charge is 0.726 e. The van der Waals surface area contributed by atoms with Crippen LogP contribution in [0.4, 0.5) is 0 Å². The van der Waals surface area contributed by atoms with Crippen molar-refractivity contribution in [3.05, 3.63) is 0 Å². The lowest BCUT2D eigenvalue weighted by molar-refractivity contribution is -0.167. The van der Waals surface area contributed by atoms with Gasteiger partial charge in [0, 0.05) is 6.42 Å². The van der Waals surface area contributed by atoms with Crippen molar-refractivity contribution in [2.75, 3.05) is 0 Å². The summed E-state index contributed by atoms with van der Waals surface area (Å²) >= 11 is 0. The Morgan fingerprint density at radius 2 is 1.56 bits per heavy atom. The molecule has 4 rings (SSSR count). The molecule has 0 aromatic carbocycles. The first-order chi connectivity index (χ1) is 16.5. The number of carboxylic acids is 1. The van der Waals surface area contributed by atoms with Crippen LogP contribution in [0.5, 0.6) is 0 Å². The maximum atomic E-state index is 11.8. The van der Waals surface area contributed by atoms with Gasteiger partial charge in [0.25, 0.3) is 0 Å². The molecule has 0 aliphatic heterocycles. The number of carbonyl (C=O) groups is 1. The van der Waals surface area contributed by atoms with Crippen molar-refractivity contribution < 1.29 is 44.2 Å². The van der Waals surface area contributed by atoms with Crippen molar-refractivity contribution in [2.24, 2.45) is 46.3 Å². The van der Waals surface area contributed by atoms with Crippen molar-refractivity contribution in [3.8, 4) is 0 Å². The Kier molecular flexibility index (Phi) is 7.64. The Hall–Kier alpha value is -0.790. The Balaban J connectivity index is 1.63. The van der Waals surface area contributed by atoms with Gasteiger partial charge in [0.1, 0.15) is 0 Å². The highest BCUT2D eigenvalue weighted by molar-refractivity contribution is 7.81. The van der Waals surface area contributed by atoms with E-state index in [1.54, 1.807) is 0 Å². The van der Waals surface area contributed by atoms with Crippen molar-refractivity contribution in [1.82, 2.24) is 0 Å². The Morgan fingerprint density at radius 1 is 0.944 bits per heavy atom. The molecule has 0 aromatic heterocycles. The minimum atomic E-state index is -4.96. The molecule has 1 N–H and O–H groups in total. The van der Waals surface area contributed by atoms with Gasteiger partial charge < -0.3 is 14.2 Å². The van der Waals surface area contributed by atoms with Gasteiger partial charge in [-0.2, -0.15) is 0 Å². The fourth-order valence-corrected chi connectivity index (χ4v) is 10.2. The van der Waals surface area contributed by atoms with Crippen LogP contribution < -0.4 is 0 Å². The molecule has 208 valence electrons. The summed E-state index contributed by atoms with van der Waals surface area (Å²) in [5, 5.41) is 9.16. The first kappa shape index (κ1) is 28.2. The van der Waals surface area contributed by atoms with Crippen molar-refractivity contribution in [1.29, 1.82) is 0 Å². The second-order valence-electron chi connectivity index (χ2n) is 12.3. The van der Waals surface area contributed by atoms with Crippen LogP contribution in [0.1, 0.15) is 85.0 Å². The van der Waals surface area contributed by atoms with E-state index >= 15 is 0 Å². The smallest absolute Gasteiger partial charge is 0.303 e. The minimum Gasteiger partial charge on any atom is -0.726 e. The molecule has 4 aliphatic carbocycles. The Morgan fingerprint density at radius 3 is 2.17 bits per heavy atom. The van der Waals surface area contributed by atoms with Gasteiger partial charge in [0.05, 0.1) is 12.2 Å². The van der Waals surface area contributed by atoms with Gasteiger partial charge in [-0.15, -0.1) is 0 Å². The predicted molar refractivity (Wildman–Crippen MR) is 126 cm³/mol. The quantitative estimate of drug-likeness (QED) is 0.349. The van der Waals surface area contributed by atoms with Gasteiger partial charge in [-0.1, -0.05) is 20.8 Å². The van der Waals surface area contributed by atoms with E-state index in [-0.39, 0.29) is 46.8 Å². The molecule has 36 heavy (non-hydrogen) atoms. The molecule has 0 bridgehead atoms. The number of aliphatic carboxylic acids is 1. The molecule has 4 fully saturated rings. The zero-order chi connectivity index (χ0) is 26.7. The standard InChI is InChI=1S/C24H40O10S2/c1-14(4-7-21(25)26)17-5-6-18-22-19(9-11-24(17,18)3)23(2)10-8-16(33-35(27,28)29)12-15(23)13-20(22)34-36(30,31)32/h14-20,22H,4-13H2,1-3H3,(H,25,26)(H,27,28,29)(H,30,31,32)/p-2/t14-,15+,16-,17-,18+,19+,20-,22+,23+,24-/m1/s1. The van der Waals surface area contributed by atoms with Gasteiger partial charge >= 0.3 is 5.97 Å². The summed E-state index contributed by atoms with van der Waals surface area (Å²) in [7, 11) is -9.82. The molecule has 0 spiro atoms. The fraction of sp³-hybridized carbons (Fsp3) is 0.958. The minimum absolute atomic E-state index is 0.0963. The zero-order valence-corrected chi connectivity index (χ0v) is 22.8. The maximum absolute atomic E-state index is 11.8. The summed E-state index contributed by atoms with van der Waals surface area (Å²) in [5.74, 6) is -0.316. The van der Waals surface area contributed by atoms with Crippen LogP contribution in [0, 0.1) is 46.3 Å².